The first-order chi connectivity index (χ1) is 8.42. The molecular weight excluding hydrogens is 254 g/mol. The maximum Gasteiger partial charge on any atom is 0.310 e. The molecule has 0 aliphatic heterocycles. The monoisotopic (exact) mass is 273 g/mol. The van der Waals surface area contributed by atoms with Gasteiger partial charge in [-0.15, -0.1) is 12.3 Å². The molecule has 1 rings (SSSR count). The van der Waals surface area contributed by atoms with E-state index in [9.17, 15) is 13.2 Å². The first kappa shape index (κ1) is 15.0. The molecule has 0 aromatic carbocycles. The highest BCUT2D eigenvalue weighted by Crippen LogP contribution is 2.31. The van der Waals surface area contributed by atoms with E-state index in [1.54, 1.807) is 6.92 Å². The first-order valence-electron chi connectivity index (χ1n) is 5.94. The van der Waals surface area contributed by atoms with E-state index in [0.29, 0.717) is 19.3 Å². The van der Waals surface area contributed by atoms with Crippen molar-refractivity contribution in [2.45, 2.75) is 43.9 Å². The van der Waals surface area contributed by atoms with E-state index in [-0.39, 0.29) is 6.04 Å². The van der Waals surface area contributed by atoms with Crippen molar-refractivity contribution < 1.29 is 17.9 Å². The molecule has 0 heterocycles. The minimum absolute atomic E-state index is 0.320. The molecule has 0 spiro atoms. The van der Waals surface area contributed by atoms with E-state index < -0.39 is 27.2 Å². The Morgan fingerprint density at radius 2 is 2.22 bits per heavy atom. The zero-order valence-corrected chi connectivity index (χ0v) is 11.5. The van der Waals surface area contributed by atoms with Gasteiger partial charge < -0.3 is 4.74 Å². The van der Waals surface area contributed by atoms with Crippen molar-refractivity contribution in [3.8, 4) is 12.3 Å². The Bertz CT molecular complexity index is 437. The topological polar surface area (TPSA) is 72.5 Å². The van der Waals surface area contributed by atoms with Crippen LogP contribution in [0.4, 0.5) is 0 Å². The number of hydrogen-bond donors (Lipinski definition) is 1. The van der Waals surface area contributed by atoms with E-state index in [1.165, 1.54) is 7.11 Å². The number of methoxy groups -OCH3 is 1. The second kappa shape index (κ2) is 6.21. The van der Waals surface area contributed by atoms with Gasteiger partial charge in [-0.2, -0.15) is 0 Å². The lowest BCUT2D eigenvalue weighted by Gasteiger charge is -2.20. The summed E-state index contributed by atoms with van der Waals surface area (Å²) in [4.78, 5) is 11.5. The second-order valence-corrected chi connectivity index (χ2v) is 6.50. The van der Waals surface area contributed by atoms with E-state index in [0.717, 1.165) is 6.42 Å². The van der Waals surface area contributed by atoms with Crippen molar-refractivity contribution in [2.75, 3.05) is 7.11 Å². The van der Waals surface area contributed by atoms with Crippen molar-refractivity contribution in [1.29, 1.82) is 0 Å². The summed E-state index contributed by atoms with van der Waals surface area (Å²) in [7, 11) is -2.26. The predicted octanol–water partition coefficient (Wildman–Crippen LogP) is 0.659. The van der Waals surface area contributed by atoms with Crippen LogP contribution in [0.1, 0.15) is 32.6 Å². The van der Waals surface area contributed by atoms with Crippen molar-refractivity contribution in [3.63, 3.8) is 0 Å². The lowest BCUT2D eigenvalue weighted by molar-refractivity contribution is -0.145. The largest absolute Gasteiger partial charge is 0.469 e. The quantitative estimate of drug-likeness (QED) is 0.590. The van der Waals surface area contributed by atoms with Crippen LogP contribution in [0.15, 0.2) is 0 Å². The number of hydrogen-bond acceptors (Lipinski definition) is 4. The van der Waals surface area contributed by atoms with Crippen molar-refractivity contribution in [3.05, 3.63) is 0 Å². The molecule has 6 heteroatoms. The zero-order valence-electron chi connectivity index (χ0n) is 10.7. The van der Waals surface area contributed by atoms with Gasteiger partial charge in [-0.05, 0) is 19.8 Å². The van der Waals surface area contributed by atoms with Gasteiger partial charge in [-0.1, -0.05) is 6.42 Å². The lowest BCUT2D eigenvalue weighted by atomic mass is 10.1. The number of nitrogens with one attached hydrogen (secondary N) is 1. The third-order valence-corrected chi connectivity index (χ3v) is 5.24. The normalized spacial score (nSPS) is 25.4. The molecule has 5 nitrogen and oxygen atoms in total. The van der Waals surface area contributed by atoms with Crippen molar-refractivity contribution in [1.82, 2.24) is 4.72 Å². The highest BCUT2D eigenvalue weighted by atomic mass is 32.2. The number of carbonyl (C=O) groups excluding carboxylic acids is 1. The van der Waals surface area contributed by atoms with Crippen LogP contribution in [0.3, 0.4) is 0 Å². The van der Waals surface area contributed by atoms with E-state index in [2.05, 4.69) is 15.4 Å². The summed E-state index contributed by atoms with van der Waals surface area (Å²) < 4.78 is 31.5. The minimum Gasteiger partial charge on any atom is -0.469 e. The molecule has 0 aromatic rings. The van der Waals surface area contributed by atoms with Crippen LogP contribution < -0.4 is 4.72 Å². The highest BCUT2D eigenvalue weighted by Gasteiger charge is 2.42. The molecule has 0 bridgehead atoms. The summed E-state index contributed by atoms with van der Waals surface area (Å²) in [6.45, 7) is 1.71. The van der Waals surface area contributed by atoms with Crippen LogP contribution in [-0.4, -0.2) is 32.8 Å². The van der Waals surface area contributed by atoms with E-state index >= 15 is 0 Å². The average Bonchev–Trinajstić information content (AvgIpc) is 2.77. The lowest BCUT2D eigenvalue weighted by Crippen LogP contribution is -2.43. The fourth-order valence-electron chi connectivity index (χ4n) is 2.30. The summed E-state index contributed by atoms with van der Waals surface area (Å²) in [5.41, 5.74) is 0. The third kappa shape index (κ3) is 3.47. The smallest absolute Gasteiger partial charge is 0.310 e. The molecule has 0 saturated heterocycles. The Hall–Kier alpha value is -1.06. The Kier molecular flexibility index (Phi) is 5.17. The Balaban J connectivity index is 2.78. The SMILES string of the molecule is C#CCC(C)NS(=O)(=O)C1CCCC1C(=O)OC. The van der Waals surface area contributed by atoms with Gasteiger partial charge in [0, 0.05) is 12.5 Å². The Morgan fingerprint density at radius 1 is 1.56 bits per heavy atom. The number of ether oxygens (including phenoxy) is 1. The molecule has 0 aromatic heterocycles. The zero-order chi connectivity index (χ0) is 13.8. The number of rotatable bonds is 5. The summed E-state index contributed by atoms with van der Waals surface area (Å²) >= 11 is 0. The highest BCUT2D eigenvalue weighted by molar-refractivity contribution is 7.90. The number of esters is 1. The standard InChI is InChI=1S/C12H19NO4S/c1-4-6-9(2)13-18(15,16)11-8-5-7-10(11)12(14)17-3/h1,9-11,13H,5-8H2,2-3H3. The van der Waals surface area contributed by atoms with Gasteiger partial charge >= 0.3 is 5.97 Å². The van der Waals surface area contributed by atoms with Crippen LogP contribution in [-0.2, 0) is 19.6 Å². The van der Waals surface area contributed by atoms with Crippen LogP contribution >= 0.6 is 0 Å². The first-order valence-corrected chi connectivity index (χ1v) is 7.49. The van der Waals surface area contributed by atoms with Crippen LogP contribution in [0.2, 0.25) is 0 Å². The maximum atomic E-state index is 12.2. The van der Waals surface area contributed by atoms with Crippen molar-refractivity contribution in [2.24, 2.45) is 5.92 Å². The molecule has 18 heavy (non-hydrogen) atoms. The summed E-state index contributed by atoms with van der Waals surface area (Å²) in [5, 5.41) is -0.704. The molecule has 1 aliphatic rings. The minimum atomic E-state index is -3.53. The van der Waals surface area contributed by atoms with Gasteiger partial charge in [0.05, 0.1) is 18.3 Å². The van der Waals surface area contributed by atoms with Gasteiger partial charge in [-0.3, -0.25) is 4.79 Å². The molecule has 1 N–H and O–H groups in total. The molecule has 102 valence electrons. The molecule has 1 aliphatic carbocycles. The molecule has 0 amide bonds. The van der Waals surface area contributed by atoms with Crippen LogP contribution in [0.5, 0.6) is 0 Å². The van der Waals surface area contributed by atoms with Gasteiger partial charge in [0.1, 0.15) is 0 Å². The number of carbonyl (C=O) groups is 1. The van der Waals surface area contributed by atoms with Gasteiger partial charge in [0.15, 0.2) is 0 Å². The molecular formula is C12H19NO4S. The molecule has 3 unspecified atom stereocenters. The maximum absolute atomic E-state index is 12.2. The van der Waals surface area contributed by atoms with Crippen LogP contribution in [0.25, 0.3) is 0 Å². The van der Waals surface area contributed by atoms with E-state index in [4.69, 9.17) is 6.42 Å². The molecule has 1 fully saturated rings. The number of terminal acetylenes is 1. The molecule has 3 atom stereocenters. The summed E-state index contributed by atoms with van der Waals surface area (Å²) in [6.07, 6.45) is 7.23. The van der Waals surface area contributed by atoms with Gasteiger partial charge in [0.25, 0.3) is 0 Å². The Morgan fingerprint density at radius 3 is 2.78 bits per heavy atom. The van der Waals surface area contributed by atoms with Gasteiger partial charge in [0.2, 0.25) is 10.0 Å². The molecule has 1 saturated carbocycles. The Labute approximate surface area is 108 Å². The summed E-state index contributed by atoms with van der Waals surface area (Å²) in [5.74, 6) is 1.39. The summed E-state index contributed by atoms with van der Waals surface area (Å²) in [6, 6.07) is -0.320. The average molecular weight is 273 g/mol. The van der Waals surface area contributed by atoms with Crippen LogP contribution in [0, 0.1) is 18.3 Å². The molecule has 0 radical (unpaired) electrons. The second-order valence-electron chi connectivity index (χ2n) is 4.57. The fraction of sp³-hybridized carbons (Fsp3) is 0.750. The van der Waals surface area contributed by atoms with E-state index in [1.807, 2.05) is 0 Å². The van der Waals surface area contributed by atoms with Gasteiger partial charge in [-0.25, -0.2) is 13.1 Å². The van der Waals surface area contributed by atoms with Crippen molar-refractivity contribution >= 4 is 16.0 Å². The fourth-order valence-corrected chi connectivity index (χ4v) is 4.28. The third-order valence-electron chi connectivity index (χ3n) is 3.14. The number of sulfonamides is 1. The predicted molar refractivity (Wildman–Crippen MR) is 68.1 cm³/mol.